The summed E-state index contributed by atoms with van der Waals surface area (Å²) in [6, 6.07) is 11.8. The minimum absolute atomic E-state index is 0.0264. The number of halogens is 2. The molecule has 0 radical (unpaired) electrons. The summed E-state index contributed by atoms with van der Waals surface area (Å²) in [5.74, 6) is -0.323. The first kappa shape index (κ1) is 25.9. The van der Waals surface area contributed by atoms with Crippen molar-refractivity contribution in [3.05, 3.63) is 75.0 Å². The minimum atomic E-state index is -0.717. The van der Waals surface area contributed by atoms with E-state index in [0.29, 0.717) is 44.6 Å². The van der Waals surface area contributed by atoms with E-state index in [0.717, 1.165) is 39.1 Å². The number of likely N-dealkylation sites (tertiary alicyclic amines) is 1. The maximum atomic E-state index is 15.3. The number of H-pyrrole nitrogens is 1. The van der Waals surface area contributed by atoms with Crippen LogP contribution in [0.1, 0.15) is 49.7 Å². The molecule has 202 valence electrons. The lowest BCUT2D eigenvalue weighted by molar-refractivity contribution is 0.0849. The van der Waals surface area contributed by atoms with E-state index >= 15 is 4.39 Å². The lowest BCUT2D eigenvalue weighted by atomic mass is 9.87. The molecule has 0 unspecified atom stereocenters. The summed E-state index contributed by atoms with van der Waals surface area (Å²) in [6.45, 7) is 5.67. The Kier molecular flexibility index (Phi) is 7.10. The Morgan fingerprint density at radius 3 is 2.62 bits per heavy atom. The number of anilines is 1. The van der Waals surface area contributed by atoms with Gasteiger partial charge in [0.25, 0.3) is 5.56 Å². The summed E-state index contributed by atoms with van der Waals surface area (Å²) in [5, 5.41) is 1.40. The van der Waals surface area contributed by atoms with Crippen LogP contribution in [0.15, 0.2) is 47.4 Å². The standard InChI is InChI=1S/C30H31ClFN5O2/c1-17-3-2-10-37(17)16-21-13-19(4-6-22(21)18-8-11-39-12-9-18)26-28(32)36-29(33)27(35-26)20-5-7-23-24(14-20)25(31)15-34-30(23)38/h4-7,13-15,17-18H,2-3,8-12,16H2,1H3,(H2,33,36)(H,34,38)/t17-/m0/s1. The number of fused-ring (bicyclic) bond motifs is 1. The smallest absolute Gasteiger partial charge is 0.255 e. The van der Waals surface area contributed by atoms with E-state index in [9.17, 15) is 4.79 Å². The average molecular weight is 548 g/mol. The first-order valence-corrected chi connectivity index (χ1v) is 13.9. The van der Waals surface area contributed by atoms with Gasteiger partial charge >= 0.3 is 0 Å². The van der Waals surface area contributed by atoms with Crippen molar-refractivity contribution >= 4 is 28.2 Å². The molecule has 39 heavy (non-hydrogen) atoms. The Morgan fingerprint density at radius 2 is 1.85 bits per heavy atom. The van der Waals surface area contributed by atoms with Crippen molar-refractivity contribution in [3.63, 3.8) is 0 Å². The second kappa shape index (κ2) is 10.7. The quantitative estimate of drug-likeness (QED) is 0.322. The molecule has 0 spiro atoms. The molecule has 0 aliphatic carbocycles. The van der Waals surface area contributed by atoms with Crippen LogP contribution < -0.4 is 11.3 Å². The van der Waals surface area contributed by atoms with E-state index in [2.05, 4.69) is 38.9 Å². The van der Waals surface area contributed by atoms with E-state index in [1.54, 1.807) is 18.2 Å². The molecule has 9 heteroatoms. The third-order valence-corrected chi connectivity index (χ3v) is 8.46. The van der Waals surface area contributed by atoms with Crippen LogP contribution >= 0.6 is 11.6 Å². The van der Waals surface area contributed by atoms with Crippen molar-refractivity contribution < 1.29 is 9.13 Å². The van der Waals surface area contributed by atoms with Gasteiger partial charge in [0.15, 0.2) is 5.82 Å². The maximum absolute atomic E-state index is 15.3. The van der Waals surface area contributed by atoms with E-state index in [1.165, 1.54) is 30.2 Å². The van der Waals surface area contributed by atoms with Crippen molar-refractivity contribution in [1.82, 2.24) is 19.9 Å². The molecule has 2 aromatic carbocycles. The van der Waals surface area contributed by atoms with Crippen molar-refractivity contribution in [2.24, 2.45) is 0 Å². The Balaban J connectivity index is 1.43. The molecule has 3 N–H and O–H groups in total. The van der Waals surface area contributed by atoms with Gasteiger partial charge < -0.3 is 15.5 Å². The molecular formula is C30H31ClFN5O2. The molecule has 1 atom stereocenters. The molecule has 7 nitrogen and oxygen atoms in total. The molecule has 4 aromatic rings. The van der Waals surface area contributed by atoms with E-state index < -0.39 is 5.95 Å². The van der Waals surface area contributed by atoms with Gasteiger partial charge in [0.2, 0.25) is 5.95 Å². The monoisotopic (exact) mass is 547 g/mol. The number of aromatic amines is 1. The molecule has 2 fully saturated rings. The van der Waals surface area contributed by atoms with E-state index in [4.69, 9.17) is 22.1 Å². The van der Waals surface area contributed by atoms with Crippen LogP contribution in [0.3, 0.4) is 0 Å². The first-order chi connectivity index (χ1) is 18.9. The van der Waals surface area contributed by atoms with Crippen LogP contribution in [0.4, 0.5) is 10.2 Å². The molecule has 2 aliphatic rings. The van der Waals surface area contributed by atoms with Crippen molar-refractivity contribution in [1.29, 1.82) is 0 Å². The van der Waals surface area contributed by atoms with Crippen molar-refractivity contribution in [2.75, 3.05) is 25.5 Å². The number of nitrogens with zero attached hydrogens (tertiary/aromatic N) is 3. The zero-order chi connectivity index (χ0) is 27.1. The summed E-state index contributed by atoms with van der Waals surface area (Å²) in [6.07, 6.45) is 5.79. The van der Waals surface area contributed by atoms with Crippen molar-refractivity contribution in [3.8, 4) is 22.5 Å². The van der Waals surface area contributed by atoms with Gasteiger partial charge in [-0.15, -0.1) is 0 Å². The van der Waals surface area contributed by atoms with E-state index in [-0.39, 0.29) is 17.1 Å². The topological polar surface area (TPSA) is 97.1 Å². The molecule has 2 aliphatic heterocycles. The number of nitrogen functional groups attached to an aromatic ring is 1. The lowest BCUT2D eigenvalue weighted by Gasteiger charge is -2.28. The number of rotatable bonds is 5. The predicted molar refractivity (Wildman–Crippen MR) is 152 cm³/mol. The summed E-state index contributed by atoms with van der Waals surface area (Å²) in [5.41, 5.74) is 10.2. The van der Waals surface area contributed by atoms with Crippen LogP contribution in [-0.2, 0) is 11.3 Å². The number of hydrogen-bond donors (Lipinski definition) is 2. The third-order valence-electron chi connectivity index (χ3n) is 8.15. The first-order valence-electron chi connectivity index (χ1n) is 13.5. The molecule has 4 heterocycles. The molecular weight excluding hydrogens is 517 g/mol. The number of ether oxygens (including phenoxy) is 1. The largest absolute Gasteiger partial charge is 0.382 e. The zero-order valence-electron chi connectivity index (χ0n) is 21.8. The number of aromatic nitrogens is 3. The normalized spacial score (nSPS) is 18.7. The van der Waals surface area contributed by atoms with E-state index in [1.807, 2.05) is 6.07 Å². The van der Waals surface area contributed by atoms with Gasteiger partial charge in [-0.1, -0.05) is 29.8 Å². The third kappa shape index (κ3) is 5.04. The zero-order valence-corrected chi connectivity index (χ0v) is 22.6. The Hall–Kier alpha value is -3.33. The van der Waals surface area contributed by atoms with Crippen LogP contribution in [-0.4, -0.2) is 45.7 Å². The van der Waals surface area contributed by atoms with Crippen LogP contribution in [0.5, 0.6) is 0 Å². The summed E-state index contributed by atoms with van der Waals surface area (Å²) >= 11 is 6.35. The second-order valence-corrected chi connectivity index (χ2v) is 11.0. The van der Waals surface area contributed by atoms with Gasteiger partial charge in [-0.25, -0.2) is 4.98 Å². The molecule has 0 saturated carbocycles. The van der Waals surface area contributed by atoms with Gasteiger partial charge in [0, 0.05) is 53.9 Å². The van der Waals surface area contributed by atoms with Crippen LogP contribution in [0.2, 0.25) is 5.02 Å². The minimum Gasteiger partial charge on any atom is -0.382 e. The highest BCUT2D eigenvalue weighted by Crippen LogP contribution is 2.36. The van der Waals surface area contributed by atoms with Crippen LogP contribution in [0.25, 0.3) is 33.3 Å². The molecule has 0 amide bonds. The van der Waals surface area contributed by atoms with Gasteiger partial charge in [-0.3, -0.25) is 9.69 Å². The number of nitrogens with one attached hydrogen (secondary N) is 1. The fourth-order valence-electron chi connectivity index (χ4n) is 5.94. The number of nitrogens with two attached hydrogens (primary N) is 1. The Labute approximate surface area is 231 Å². The Bertz CT molecular complexity index is 1600. The highest BCUT2D eigenvalue weighted by molar-refractivity contribution is 6.35. The average Bonchev–Trinajstić information content (AvgIpc) is 3.35. The van der Waals surface area contributed by atoms with Gasteiger partial charge in [-0.2, -0.15) is 9.37 Å². The molecule has 0 bridgehead atoms. The fourth-order valence-corrected chi connectivity index (χ4v) is 6.15. The van der Waals surface area contributed by atoms with Gasteiger partial charge in [-0.05, 0) is 74.4 Å². The highest BCUT2D eigenvalue weighted by atomic mass is 35.5. The molecule has 2 saturated heterocycles. The number of benzene rings is 2. The second-order valence-electron chi connectivity index (χ2n) is 10.6. The lowest BCUT2D eigenvalue weighted by Crippen LogP contribution is -2.27. The summed E-state index contributed by atoms with van der Waals surface area (Å²) in [7, 11) is 0. The summed E-state index contributed by atoms with van der Waals surface area (Å²) < 4.78 is 20.9. The highest BCUT2D eigenvalue weighted by Gasteiger charge is 2.25. The molecule has 2 aromatic heterocycles. The van der Waals surface area contributed by atoms with Gasteiger partial charge in [0.1, 0.15) is 11.4 Å². The number of pyridine rings is 1. The predicted octanol–water partition coefficient (Wildman–Crippen LogP) is 5.91. The number of hydrogen-bond acceptors (Lipinski definition) is 6. The molecule has 6 rings (SSSR count). The Morgan fingerprint density at radius 1 is 1.08 bits per heavy atom. The van der Waals surface area contributed by atoms with Crippen LogP contribution in [0, 0.1) is 5.95 Å². The SMILES string of the molecule is C[C@H]1CCCN1Cc1cc(-c2nc(-c3ccc4c(=O)[nH]cc(Cl)c4c3)c(N)nc2F)ccc1C1CCOCC1. The maximum Gasteiger partial charge on any atom is 0.255 e. The summed E-state index contributed by atoms with van der Waals surface area (Å²) in [4.78, 5) is 26.0. The van der Waals surface area contributed by atoms with Crippen molar-refractivity contribution in [2.45, 2.75) is 51.1 Å². The van der Waals surface area contributed by atoms with Gasteiger partial charge in [0.05, 0.1) is 5.02 Å². The fraction of sp³-hybridized carbons (Fsp3) is 0.367.